The molecule has 2 aromatic rings. The van der Waals surface area contributed by atoms with E-state index in [0.29, 0.717) is 5.92 Å². The van der Waals surface area contributed by atoms with E-state index in [0.717, 1.165) is 50.4 Å². The Labute approximate surface area is 178 Å². The lowest BCUT2D eigenvalue weighted by atomic mass is 10.1. The van der Waals surface area contributed by atoms with Crippen molar-refractivity contribution in [3.63, 3.8) is 0 Å². The van der Waals surface area contributed by atoms with Crippen LogP contribution in [-0.2, 0) is 0 Å². The zero-order chi connectivity index (χ0) is 17.8. The van der Waals surface area contributed by atoms with Gasteiger partial charge in [0.25, 0.3) is 0 Å². The van der Waals surface area contributed by atoms with Crippen LogP contribution in [0.1, 0.15) is 17.9 Å². The predicted octanol–water partition coefficient (Wildman–Crippen LogP) is 3.20. The highest BCUT2D eigenvalue weighted by molar-refractivity contribution is 14.0. The molecule has 2 fully saturated rings. The molecule has 1 aromatic carbocycles. The first-order valence-corrected chi connectivity index (χ1v) is 9.51. The van der Waals surface area contributed by atoms with Gasteiger partial charge in [-0.05, 0) is 36.0 Å². The first-order chi connectivity index (χ1) is 12.8. The van der Waals surface area contributed by atoms with Crippen molar-refractivity contribution in [1.29, 1.82) is 0 Å². The highest BCUT2D eigenvalue weighted by Gasteiger charge is 2.38. The number of guanidine groups is 1. The molecule has 1 saturated carbocycles. The summed E-state index contributed by atoms with van der Waals surface area (Å²) in [5.41, 5.74) is 1.47. The first-order valence-electron chi connectivity index (χ1n) is 9.51. The van der Waals surface area contributed by atoms with Crippen LogP contribution >= 0.6 is 24.0 Å². The third-order valence-corrected chi connectivity index (χ3v) is 5.44. The minimum absolute atomic E-state index is 0. The number of nitrogens with zero attached hydrogens (tertiary/aromatic N) is 4. The predicted molar refractivity (Wildman–Crippen MR) is 122 cm³/mol. The lowest BCUT2D eigenvalue weighted by Crippen LogP contribution is -2.53. The van der Waals surface area contributed by atoms with Gasteiger partial charge >= 0.3 is 0 Å². The van der Waals surface area contributed by atoms with Gasteiger partial charge in [0.15, 0.2) is 5.96 Å². The molecule has 0 spiro atoms. The summed E-state index contributed by atoms with van der Waals surface area (Å²) in [6, 6.07) is 17.0. The number of anilines is 1. The number of aromatic nitrogens is 1. The van der Waals surface area contributed by atoms with E-state index in [4.69, 9.17) is 0 Å². The molecule has 1 aliphatic heterocycles. The lowest BCUT2D eigenvalue weighted by Gasteiger charge is -2.37. The number of rotatable bonds is 4. The van der Waals surface area contributed by atoms with Gasteiger partial charge in [-0.15, -0.1) is 24.0 Å². The minimum atomic E-state index is 0. The van der Waals surface area contributed by atoms with Crippen molar-refractivity contribution in [3.05, 3.63) is 60.3 Å². The average Bonchev–Trinajstić information content (AvgIpc) is 3.50. The van der Waals surface area contributed by atoms with E-state index < -0.39 is 0 Å². The van der Waals surface area contributed by atoms with Crippen LogP contribution in [0, 0.1) is 5.92 Å². The number of halogens is 1. The maximum atomic E-state index is 4.50. The van der Waals surface area contributed by atoms with Gasteiger partial charge in [-0.2, -0.15) is 0 Å². The van der Waals surface area contributed by atoms with E-state index in [1.54, 1.807) is 0 Å². The fraction of sp³-hybridized carbons (Fsp3) is 0.429. The summed E-state index contributed by atoms with van der Waals surface area (Å²) < 4.78 is 0. The highest BCUT2D eigenvalue weighted by atomic mass is 127. The monoisotopic (exact) mass is 477 g/mol. The maximum Gasteiger partial charge on any atom is 0.193 e. The molecule has 6 heteroatoms. The molecule has 1 saturated heterocycles. The van der Waals surface area contributed by atoms with Crippen LogP contribution in [0.25, 0.3) is 0 Å². The Kier molecular flexibility index (Phi) is 6.93. The first kappa shape index (κ1) is 19.9. The molecule has 0 radical (unpaired) electrons. The van der Waals surface area contributed by atoms with Crippen LogP contribution in [-0.4, -0.2) is 55.6 Å². The van der Waals surface area contributed by atoms with Gasteiger partial charge < -0.3 is 15.1 Å². The van der Waals surface area contributed by atoms with Gasteiger partial charge in [0.1, 0.15) is 5.82 Å². The highest BCUT2D eigenvalue weighted by Crippen LogP contribution is 2.46. The molecule has 1 aromatic heterocycles. The van der Waals surface area contributed by atoms with Crippen LogP contribution in [0.2, 0.25) is 0 Å². The van der Waals surface area contributed by atoms with Crippen molar-refractivity contribution in [3.8, 4) is 0 Å². The SMILES string of the molecule is CN=C(NCC1CC1c1ccccc1)N1CCN(c2ccccn2)CC1.I. The van der Waals surface area contributed by atoms with Gasteiger partial charge in [-0.1, -0.05) is 36.4 Å². The Bertz CT molecular complexity index is 729. The fourth-order valence-corrected chi connectivity index (χ4v) is 3.82. The molecule has 2 unspecified atom stereocenters. The summed E-state index contributed by atoms with van der Waals surface area (Å²) in [7, 11) is 1.88. The molecular formula is C21H28IN5. The van der Waals surface area contributed by atoms with Gasteiger partial charge in [0.05, 0.1) is 0 Å². The summed E-state index contributed by atoms with van der Waals surface area (Å²) in [6.45, 7) is 4.92. The number of benzene rings is 1. The molecule has 144 valence electrons. The number of hydrogen-bond acceptors (Lipinski definition) is 3. The Hall–Kier alpha value is -1.83. The van der Waals surface area contributed by atoms with E-state index in [-0.39, 0.29) is 24.0 Å². The molecule has 1 aliphatic carbocycles. The molecule has 1 N–H and O–H groups in total. The van der Waals surface area contributed by atoms with E-state index in [1.165, 1.54) is 12.0 Å². The van der Waals surface area contributed by atoms with Crippen molar-refractivity contribution in [2.45, 2.75) is 12.3 Å². The van der Waals surface area contributed by atoms with E-state index >= 15 is 0 Å². The summed E-state index contributed by atoms with van der Waals surface area (Å²) in [6.07, 6.45) is 3.14. The number of aliphatic imine (C=N–C) groups is 1. The minimum Gasteiger partial charge on any atom is -0.356 e. The normalized spacial score (nSPS) is 22.2. The van der Waals surface area contributed by atoms with Gasteiger partial charge in [-0.25, -0.2) is 4.98 Å². The molecule has 2 aliphatic rings. The molecule has 0 bridgehead atoms. The second-order valence-electron chi connectivity index (χ2n) is 7.10. The van der Waals surface area contributed by atoms with Gasteiger partial charge in [-0.3, -0.25) is 4.99 Å². The Balaban J connectivity index is 0.00000210. The summed E-state index contributed by atoms with van der Waals surface area (Å²) in [4.78, 5) is 13.7. The van der Waals surface area contributed by atoms with E-state index in [1.807, 2.05) is 25.4 Å². The zero-order valence-electron chi connectivity index (χ0n) is 15.8. The second kappa shape index (κ2) is 9.39. The largest absolute Gasteiger partial charge is 0.356 e. The standard InChI is InChI=1S/C21H27N5.HI/c1-22-21(24-16-18-15-19(18)17-7-3-2-4-8-17)26-13-11-25(12-14-26)20-9-5-6-10-23-20;/h2-10,18-19H,11-16H2,1H3,(H,22,24);1H. The maximum absolute atomic E-state index is 4.50. The van der Waals surface area contributed by atoms with Crippen molar-refractivity contribution in [2.24, 2.45) is 10.9 Å². The summed E-state index contributed by atoms with van der Waals surface area (Å²) in [5, 5.41) is 3.60. The van der Waals surface area contributed by atoms with Crippen LogP contribution < -0.4 is 10.2 Å². The Morgan fingerprint density at radius 3 is 2.48 bits per heavy atom. The molecule has 0 amide bonds. The van der Waals surface area contributed by atoms with Crippen LogP contribution in [0.4, 0.5) is 5.82 Å². The molecule has 2 heterocycles. The number of hydrogen-bond donors (Lipinski definition) is 1. The van der Waals surface area contributed by atoms with Crippen molar-refractivity contribution >= 4 is 35.8 Å². The molecular weight excluding hydrogens is 449 g/mol. The topological polar surface area (TPSA) is 43.8 Å². The fourth-order valence-electron chi connectivity index (χ4n) is 3.82. The van der Waals surface area contributed by atoms with Crippen LogP contribution in [0.5, 0.6) is 0 Å². The lowest BCUT2D eigenvalue weighted by molar-refractivity contribution is 0.370. The summed E-state index contributed by atoms with van der Waals surface area (Å²) >= 11 is 0. The zero-order valence-corrected chi connectivity index (χ0v) is 18.1. The summed E-state index contributed by atoms with van der Waals surface area (Å²) in [5.74, 6) is 3.54. The third-order valence-electron chi connectivity index (χ3n) is 5.44. The number of piperazine rings is 1. The smallest absolute Gasteiger partial charge is 0.193 e. The van der Waals surface area contributed by atoms with Gasteiger partial charge in [0, 0.05) is 46.0 Å². The molecule has 27 heavy (non-hydrogen) atoms. The second-order valence-corrected chi connectivity index (χ2v) is 7.10. The van der Waals surface area contributed by atoms with E-state index in [9.17, 15) is 0 Å². The van der Waals surface area contributed by atoms with Crippen molar-refractivity contribution in [2.75, 3.05) is 44.7 Å². The Morgan fingerprint density at radius 1 is 1.07 bits per heavy atom. The quantitative estimate of drug-likeness (QED) is 0.418. The molecule has 4 rings (SSSR count). The number of nitrogens with one attached hydrogen (secondary N) is 1. The third kappa shape index (κ3) is 4.91. The number of pyridine rings is 1. The van der Waals surface area contributed by atoms with Crippen LogP contribution in [0.3, 0.4) is 0 Å². The van der Waals surface area contributed by atoms with Crippen molar-refractivity contribution < 1.29 is 0 Å². The molecule has 2 atom stereocenters. The average molecular weight is 477 g/mol. The van der Waals surface area contributed by atoms with Crippen LogP contribution in [0.15, 0.2) is 59.7 Å². The molecule has 5 nitrogen and oxygen atoms in total. The Morgan fingerprint density at radius 2 is 1.81 bits per heavy atom. The van der Waals surface area contributed by atoms with Gasteiger partial charge in [0.2, 0.25) is 0 Å². The van der Waals surface area contributed by atoms with Crippen molar-refractivity contribution in [1.82, 2.24) is 15.2 Å². The van der Waals surface area contributed by atoms with E-state index in [2.05, 4.69) is 61.5 Å².